The first-order valence-electron chi connectivity index (χ1n) is 9.60. The van der Waals surface area contributed by atoms with Crippen LogP contribution in [0.5, 0.6) is 11.6 Å². The summed E-state index contributed by atoms with van der Waals surface area (Å²) in [4.78, 5) is 39.8. The lowest BCUT2D eigenvalue weighted by atomic mass is 9.85. The van der Waals surface area contributed by atoms with Gasteiger partial charge in [-0.05, 0) is 36.5 Å². The van der Waals surface area contributed by atoms with Gasteiger partial charge in [-0.1, -0.05) is 28.1 Å². The molecule has 1 aliphatic heterocycles. The predicted octanol–water partition coefficient (Wildman–Crippen LogP) is 3.69. The second-order valence-corrected chi connectivity index (χ2v) is 8.54. The molecule has 2 bridgehead atoms. The molecular weight excluding hydrogens is 468 g/mol. The molecule has 4 atom stereocenters. The van der Waals surface area contributed by atoms with E-state index >= 15 is 0 Å². The smallest absolute Gasteiger partial charge is 0.287 e. The fourth-order valence-electron chi connectivity index (χ4n) is 4.49. The molecule has 2 amide bonds. The largest absolute Gasteiger partial charge is 0.438 e. The predicted molar refractivity (Wildman–Crippen MR) is 112 cm³/mol. The van der Waals surface area contributed by atoms with Gasteiger partial charge in [0.15, 0.2) is 0 Å². The second-order valence-electron chi connectivity index (χ2n) is 7.63. The molecule has 2 aliphatic carbocycles. The number of halogens is 1. The van der Waals surface area contributed by atoms with Gasteiger partial charge in [0.25, 0.3) is 17.5 Å². The minimum atomic E-state index is -0.546. The number of ether oxygens (including phenoxy) is 1. The van der Waals surface area contributed by atoms with E-state index in [4.69, 9.17) is 4.74 Å². The molecule has 31 heavy (non-hydrogen) atoms. The number of imide groups is 1. The van der Waals surface area contributed by atoms with Crippen molar-refractivity contribution >= 4 is 39.6 Å². The third-order valence-electron chi connectivity index (χ3n) is 5.88. The number of aromatic nitrogens is 1. The van der Waals surface area contributed by atoms with Crippen molar-refractivity contribution in [3.63, 3.8) is 0 Å². The minimum absolute atomic E-state index is 0.115. The summed E-state index contributed by atoms with van der Waals surface area (Å²) in [7, 11) is 0. The van der Waals surface area contributed by atoms with Crippen LogP contribution in [0.2, 0.25) is 0 Å². The van der Waals surface area contributed by atoms with Crippen LogP contribution in [-0.4, -0.2) is 32.9 Å². The van der Waals surface area contributed by atoms with E-state index in [1.807, 2.05) is 12.2 Å². The van der Waals surface area contributed by atoms with Gasteiger partial charge >= 0.3 is 0 Å². The zero-order chi connectivity index (χ0) is 21.7. The highest BCUT2D eigenvalue weighted by Gasteiger charge is 2.59. The molecule has 1 saturated carbocycles. The molecule has 0 N–H and O–H groups in total. The number of nitro groups is 1. The number of hydrogen-bond acceptors (Lipinski definition) is 7. The summed E-state index contributed by atoms with van der Waals surface area (Å²) in [5, 5.41) is 15.9. The Kier molecular flexibility index (Phi) is 4.66. The molecule has 2 fully saturated rings. The maximum absolute atomic E-state index is 12.8. The van der Waals surface area contributed by atoms with Crippen LogP contribution in [0.15, 0.2) is 58.3 Å². The van der Waals surface area contributed by atoms with Crippen LogP contribution in [-0.2, 0) is 9.59 Å². The standard InChI is InChI=1S/C21H15BrN4O5/c22-14-3-5-16(31-17-6-4-15(10-23-17)26(29)30)13(8-14)9-24-25-20(27)18-11-1-2-12(7-11)19(18)21(25)28/h1-6,8-12,18-19H,7H2. The minimum Gasteiger partial charge on any atom is -0.438 e. The highest BCUT2D eigenvalue weighted by Crippen LogP contribution is 2.52. The Labute approximate surface area is 184 Å². The van der Waals surface area contributed by atoms with Crippen molar-refractivity contribution in [3.05, 3.63) is 68.8 Å². The van der Waals surface area contributed by atoms with E-state index in [1.165, 1.54) is 18.3 Å². The second kappa shape index (κ2) is 7.38. The topological polar surface area (TPSA) is 115 Å². The normalized spacial score (nSPS) is 26.2. The monoisotopic (exact) mass is 482 g/mol. The van der Waals surface area contributed by atoms with Crippen molar-refractivity contribution in [1.82, 2.24) is 9.99 Å². The lowest BCUT2D eigenvalue weighted by Crippen LogP contribution is -2.28. The van der Waals surface area contributed by atoms with Crippen molar-refractivity contribution in [1.29, 1.82) is 0 Å². The molecule has 4 unspecified atom stereocenters. The number of rotatable bonds is 5. The molecule has 2 heterocycles. The van der Waals surface area contributed by atoms with E-state index in [0.717, 1.165) is 22.1 Å². The van der Waals surface area contributed by atoms with Gasteiger partial charge in [0, 0.05) is 22.2 Å². The number of fused-ring (bicyclic) bond motifs is 5. The van der Waals surface area contributed by atoms with Gasteiger partial charge in [0.05, 0.1) is 23.0 Å². The van der Waals surface area contributed by atoms with Gasteiger partial charge in [0.2, 0.25) is 5.88 Å². The third kappa shape index (κ3) is 3.32. The van der Waals surface area contributed by atoms with Gasteiger partial charge in [-0.15, -0.1) is 0 Å². The van der Waals surface area contributed by atoms with Gasteiger partial charge in [-0.25, -0.2) is 4.98 Å². The number of nitrogens with zero attached hydrogens (tertiary/aromatic N) is 4. The summed E-state index contributed by atoms with van der Waals surface area (Å²) < 4.78 is 6.49. The summed E-state index contributed by atoms with van der Waals surface area (Å²) in [6, 6.07) is 7.82. The quantitative estimate of drug-likeness (QED) is 0.211. The fourth-order valence-corrected chi connectivity index (χ4v) is 4.87. The summed E-state index contributed by atoms with van der Waals surface area (Å²) in [5.74, 6) is -0.406. The van der Waals surface area contributed by atoms with Gasteiger partial charge in [0.1, 0.15) is 11.9 Å². The Morgan fingerprint density at radius 2 is 1.87 bits per heavy atom. The number of carbonyl (C=O) groups excluding carboxylic acids is 2. The van der Waals surface area contributed by atoms with Crippen LogP contribution in [0, 0.1) is 33.8 Å². The average molecular weight is 483 g/mol. The zero-order valence-corrected chi connectivity index (χ0v) is 17.5. The van der Waals surface area contributed by atoms with Crippen LogP contribution in [0.3, 0.4) is 0 Å². The van der Waals surface area contributed by atoms with Crippen LogP contribution in [0.25, 0.3) is 0 Å². The van der Waals surface area contributed by atoms with Crippen LogP contribution < -0.4 is 4.74 Å². The molecule has 1 aromatic heterocycles. The molecule has 0 spiro atoms. The van der Waals surface area contributed by atoms with E-state index < -0.39 is 4.92 Å². The summed E-state index contributed by atoms with van der Waals surface area (Å²) in [5.41, 5.74) is 0.360. The Balaban J connectivity index is 1.39. The number of hydrogen-bond donors (Lipinski definition) is 0. The van der Waals surface area contributed by atoms with E-state index in [0.29, 0.717) is 11.3 Å². The molecule has 156 valence electrons. The van der Waals surface area contributed by atoms with Gasteiger partial charge < -0.3 is 4.74 Å². The number of carbonyl (C=O) groups is 2. The van der Waals surface area contributed by atoms with E-state index in [1.54, 1.807) is 18.2 Å². The number of amides is 2. The van der Waals surface area contributed by atoms with Crippen LogP contribution >= 0.6 is 15.9 Å². The van der Waals surface area contributed by atoms with Crippen molar-refractivity contribution in [2.45, 2.75) is 6.42 Å². The molecule has 5 rings (SSSR count). The SMILES string of the molecule is O=C1C2C3C=CC(C3)C2C(=O)N1N=Cc1cc(Br)ccc1Oc1ccc([N+](=O)[O-])cn1. The highest BCUT2D eigenvalue weighted by atomic mass is 79.9. The zero-order valence-electron chi connectivity index (χ0n) is 15.9. The molecular formula is C21H15BrN4O5. The van der Waals surface area contributed by atoms with Gasteiger partial charge in [-0.3, -0.25) is 19.7 Å². The molecule has 1 aromatic carbocycles. The molecule has 1 saturated heterocycles. The summed E-state index contributed by atoms with van der Waals surface area (Å²) >= 11 is 3.38. The highest BCUT2D eigenvalue weighted by molar-refractivity contribution is 9.10. The summed E-state index contributed by atoms with van der Waals surface area (Å²) in [6.45, 7) is 0. The first kappa shape index (κ1) is 19.6. The maximum Gasteiger partial charge on any atom is 0.287 e. The molecule has 0 radical (unpaired) electrons. The molecule has 9 nitrogen and oxygen atoms in total. The van der Waals surface area contributed by atoms with Crippen molar-refractivity contribution < 1.29 is 19.2 Å². The van der Waals surface area contributed by atoms with Gasteiger partial charge in [-0.2, -0.15) is 10.1 Å². The lowest BCUT2D eigenvalue weighted by Gasteiger charge is -2.13. The summed E-state index contributed by atoms with van der Waals surface area (Å²) in [6.07, 6.45) is 7.42. The number of benzene rings is 1. The molecule has 3 aliphatic rings. The average Bonchev–Trinajstić information content (AvgIpc) is 3.43. The Morgan fingerprint density at radius 1 is 1.16 bits per heavy atom. The van der Waals surface area contributed by atoms with Crippen molar-refractivity contribution in [3.8, 4) is 11.6 Å². The molecule has 10 heteroatoms. The number of allylic oxidation sites excluding steroid dienone is 2. The van der Waals surface area contributed by atoms with Crippen molar-refractivity contribution in [2.75, 3.05) is 0 Å². The number of pyridine rings is 1. The first-order chi connectivity index (χ1) is 14.9. The van der Waals surface area contributed by atoms with E-state index in [9.17, 15) is 19.7 Å². The lowest BCUT2D eigenvalue weighted by molar-refractivity contribution is -0.385. The Bertz CT molecular complexity index is 1130. The van der Waals surface area contributed by atoms with Crippen LogP contribution in [0.1, 0.15) is 12.0 Å². The maximum atomic E-state index is 12.8. The fraction of sp³-hybridized carbons (Fsp3) is 0.238. The third-order valence-corrected chi connectivity index (χ3v) is 6.37. The first-order valence-corrected chi connectivity index (χ1v) is 10.4. The van der Waals surface area contributed by atoms with E-state index in [2.05, 4.69) is 26.0 Å². The van der Waals surface area contributed by atoms with Crippen LogP contribution in [0.4, 0.5) is 5.69 Å². The number of hydrazone groups is 1. The van der Waals surface area contributed by atoms with E-state index in [-0.39, 0.29) is 47.1 Å². The Morgan fingerprint density at radius 3 is 2.48 bits per heavy atom. The molecule has 2 aromatic rings. The Hall–Kier alpha value is -3.40. The van der Waals surface area contributed by atoms with Crippen molar-refractivity contribution in [2.24, 2.45) is 28.8 Å².